The first-order valence-corrected chi connectivity index (χ1v) is 4.25. The van der Waals surface area contributed by atoms with E-state index in [1.54, 1.807) is 0 Å². The molecular formula is C9H10ClNO. The maximum atomic E-state index is 9.49. The Labute approximate surface area is 76.4 Å². The van der Waals surface area contributed by atoms with Gasteiger partial charge in [0.1, 0.15) is 6.23 Å². The third-order valence-electron chi connectivity index (χ3n) is 2.27. The number of fused-ring (bicyclic) bond motifs is 1. The summed E-state index contributed by atoms with van der Waals surface area (Å²) in [5.41, 5.74) is 2.20. The second-order valence-corrected chi connectivity index (χ2v) is 3.51. The quantitative estimate of drug-likeness (QED) is 0.661. The molecule has 2 rings (SSSR count). The van der Waals surface area contributed by atoms with Gasteiger partial charge >= 0.3 is 0 Å². The molecule has 0 aromatic heterocycles. The summed E-state index contributed by atoms with van der Waals surface area (Å²) >= 11 is 5.82. The summed E-state index contributed by atoms with van der Waals surface area (Å²) < 4.78 is 0. The normalized spacial score (nSPS) is 21.2. The molecule has 1 unspecified atom stereocenters. The Morgan fingerprint density at radius 2 is 2.33 bits per heavy atom. The van der Waals surface area contributed by atoms with Crippen LogP contribution in [0.3, 0.4) is 0 Å². The SMILES string of the molecule is CN1c2ccc(Cl)cc2CC1O. The third kappa shape index (κ3) is 1.08. The maximum absolute atomic E-state index is 9.49. The zero-order chi connectivity index (χ0) is 8.72. The highest BCUT2D eigenvalue weighted by molar-refractivity contribution is 6.30. The van der Waals surface area contributed by atoms with Crippen LogP contribution in [-0.2, 0) is 6.42 Å². The Balaban J connectivity index is 2.47. The first-order valence-electron chi connectivity index (χ1n) is 3.88. The third-order valence-corrected chi connectivity index (χ3v) is 2.51. The summed E-state index contributed by atoms with van der Waals surface area (Å²) in [4.78, 5) is 1.85. The van der Waals surface area contributed by atoms with E-state index in [1.165, 1.54) is 0 Å². The van der Waals surface area contributed by atoms with Crippen LogP contribution in [0, 0.1) is 0 Å². The first kappa shape index (κ1) is 7.90. The van der Waals surface area contributed by atoms with Gasteiger partial charge in [-0.3, -0.25) is 0 Å². The lowest BCUT2D eigenvalue weighted by molar-refractivity contribution is 0.185. The van der Waals surface area contributed by atoms with E-state index < -0.39 is 6.23 Å². The number of aliphatic hydroxyl groups excluding tert-OH is 1. The van der Waals surface area contributed by atoms with Crippen LogP contribution in [0.25, 0.3) is 0 Å². The van der Waals surface area contributed by atoms with E-state index in [-0.39, 0.29) is 0 Å². The summed E-state index contributed by atoms with van der Waals surface area (Å²) in [6, 6.07) is 5.69. The fourth-order valence-electron chi connectivity index (χ4n) is 1.56. The summed E-state index contributed by atoms with van der Waals surface area (Å²) in [6.45, 7) is 0. The molecule has 1 aliphatic heterocycles. The Bertz CT molecular complexity index is 313. The highest BCUT2D eigenvalue weighted by Gasteiger charge is 2.23. The van der Waals surface area contributed by atoms with Crippen molar-refractivity contribution < 1.29 is 5.11 Å². The number of halogens is 1. The molecule has 64 valence electrons. The van der Waals surface area contributed by atoms with Gasteiger partial charge in [0, 0.05) is 24.2 Å². The summed E-state index contributed by atoms with van der Waals surface area (Å²) in [7, 11) is 1.88. The van der Waals surface area contributed by atoms with Gasteiger partial charge in [-0.2, -0.15) is 0 Å². The smallest absolute Gasteiger partial charge is 0.130 e. The Kier molecular flexibility index (Phi) is 1.74. The van der Waals surface area contributed by atoms with Crippen molar-refractivity contribution in [1.29, 1.82) is 0 Å². The maximum Gasteiger partial charge on any atom is 0.130 e. The van der Waals surface area contributed by atoms with E-state index in [0.717, 1.165) is 16.3 Å². The highest BCUT2D eigenvalue weighted by atomic mass is 35.5. The molecule has 0 saturated carbocycles. The monoisotopic (exact) mass is 183 g/mol. The zero-order valence-corrected chi connectivity index (χ0v) is 7.54. The molecule has 12 heavy (non-hydrogen) atoms. The Morgan fingerprint density at radius 1 is 1.58 bits per heavy atom. The number of likely N-dealkylation sites (N-methyl/N-ethyl adjacent to an activating group) is 1. The van der Waals surface area contributed by atoms with Crippen LogP contribution in [0.5, 0.6) is 0 Å². The Hall–Kier alpha value is -0.730. The van der Waals surface area contributed by atoms with Crippen molar-refractivity contribution >= 4 is 17.3 Å². The van der Waals surface area contributed by atoms with Crippen molar-refractivity contribution in [3.05, 3.63) is 28.8 Å². The van der Waals surface area contributed by atoms with Crippen molar-refractivity contribution in [3.63, 3.8) is 0 Å². The Morgan fingerprint density at radius 3 is 3.08 bits per heavy atom. The number of aliphatic hydroxyl groups is 1. The fraction of sp³-hybridized carbons (Fsp3) is 0.333. The average molecular weight is 184 g/mol. The van der Waals surface area contributed by atoms with Gasteiger partial charge in [0.15, 0.2) is 0 Å². The lowest BCUT2D eigenvalue weighted by atomic mass is 10.2. The van der Waals surface area contributed by atoms with Crippen molar-refractivity contribution in [1.82, 2.24) is 0 Å². The van der Waals surface area contributed by atoms with Crippen molar-refractivity contribution in [3.8, 4) is 0 Å². The lowest BCUT2D eigenvalue weighted by Crippen LogP contribution is -2.26. The molecular weight excluding hydrogens is 174 g/mol. The average Bonchev–Trinajstić information content (AvgIpc) is 2.28. The van der Waals surface area contributed by atoms with E-state index in [4.69, 9.17) is 11.6 Å². The molecule has 0 aliphatic carbocycles. The summed E-state index contributed by atoms with van der Waals surface area (Å²) in [6.07, 6.45) is 0.283. The van der Waals surface area contributed by atoms with Gasteiger partial charge in [-0.05, 0) is 23.8 Å². The molecule has 0 amide bonds. The van der Waals surface area contributed by atoms with Gasteiger partial charge < -0.3 is 10.0 Å². The molecule has 0 fully saturated rings. The molecule has 1 aromatic rings. The molecule has 1 atom stereocenters. The number of hydrogen-bond acceptors (Lipinski definition) is 2. The minimum atomic E-state index is -0.390. The van der Waals surface area contributed by atoms with E-state index in [0.29, 0.717) is 6.42 Å². The second-order valence-electron chi connectivity index (χ2n) is 3.07. The highest BCUT2D eigenvalue weighted by Crippen LogP contribution is 2.31. The fourth-order valence-corrected chi connectivity index (χ4v) is 1.75. The predicted molar refractivity (Wildman–Crippen MR) is 49.6 cm³/mol. The molecule has 1 N–H and O–H groups in total. The topological polar surface area (TPSA) is 23.5 Å². The molecule has 1 aromatic carbocycles. The zero-order valence-electron chi connectivity index (χ0n) is 6.79. The minimum Gasteiger partial charge on any atom is -0.373 e. The predicted octanol–water partition coefficient (Wildman–Crippen LogP) is 1.65. The van der Waals surface area contributed by atoms with Crippen LogP contribution in [0.4, 0.5) is 5.69 Å². The first-order chi connectivity index (χ1) is 5.68. The van der Waals surface area contributed by atoms with E-state index in [9.17, 15) is 5.11 Å². The van der Waals surface area contributed by atoms with Gasteiger partial charge in [-0.15, -0.1) is 0 Å². The summed E-state index contributed by atoms with van der Waals surface area (Å²) in [5, 5.41) is 10.2. The molecule has 0 spiro atoms. The van der Waals surface area contributed by atoms with E-state index >= 15 is 0 Å². The molecule has 1 aliphatic rings. The summed E-state index contributed by atoms with van der Waals surface area (Å²) in [5.74, 6) is 0. The van der Waals surface area contributed by atoms with E-state index in [1.807, 2.05) is 30.1 Å². The molecule has 0 bridgehead atoms. The van der Waals surface area contributed by atoms with Crippen LogP contribution in [0.15, 0.2) is 18.2 Å². The number of anilines is 1. The molecule has 0 saturated heterocycles. The van der Waals surface area contributed by atoms with Gasteiger partial charge in [-0.25, -0.2) is 0 Å². The van der Waals surface area contributed by atoms with Crippen LogP contribution < -0.4 is 4.90 Å². The van der Waals surface area contributed by atoms with Gasteiger partial charge in [0.25, 0.3) is 0 Å². The number of hydrogen-bond donors (Lipinski definition) is 1. The minimum absolute atomic E-state index is 0.390. The van der Waals surface area contributed by atoms with Gasteiger partial charge in [0.05, 0.1) is 0 Å². The molecule has 3 heteroatoms. The number of benzene rings is 1. The lowest BCUT2D eigenvalue weighted by Gasteiger charge is -2.16. The standard InChI is InChI=1S/C9H10ClNO/c1-11-8-3-2-7(10)4-6(8)5-9(11)12/h2-4,9,12H,5H2,1H3. The van der Waals surface area contributed by atoms with Gasteiger partial charge in [-0.1, -0.05) is 11.6 Å². The number of rotatable bonds is 0. The van der Waals surface area contributed by atoms with Crippen LogP contribution >= 0.6 is 11.6 Å². The molecule has 2 nitrogen and oxygen atoms in total. The van der Waals surface area contributed by atoms with Crippen LogP contribution in [0.1, 0.15) is 5.56 Å². The molecule has 0 radical (unpaired) electrons. The van der Waals surface area contributed by atoms with Gasteiger partial charge in [0.2, 0.25) is 0 Å². The van der Waals surface area contributed by atoms with Crippen molar-refractivity contribution in [2.75, 3.05) is 11.9 Å². The van der Waals surface area contributed by atoms with Crippen LogP contribution in [-0.4, -0.2) is 18.4 Å². The van der Waals surface area contributed by atoms with E-state index in [2.05, 4.69) is 0 Å². The van der Waals surface area contributed by atoms with Crippen LogP contribution in [0.2, 0.25) is 5.02 Å². The number of nitrogens with zero attached hydrogens (tertiary/aromatic N) is 1. The molecule has 1 heterocycles. The largest absolute Gasteiger partial charge is 0.373 e. The van der Waals surface area contributed by atoms with Crippen molar-refractivity contribution in [2.24, 2.45) is 0 Å². The van der Waals surface area contributed by atoms with Crippen molar-refractivity contribution in [2.45, 2.75) is 12.6 Å². The second kappa shape index (κ2) is 2.64.